The number of guanidine groups is 1. The van der Waals surface area contributed by atoms with Gasteiger partial charge in [0.15, 0.2) is 5.96 Å². The van der Waals surface area contributed by atoms with Crippen molar-refractivity contribution in [2.45, 2.75) is 51.0 Å². The minimum atomic E-state index is 0.584. The molecule has 0 bridgehead atoms. The Balaban J connectivity index is 1.99. The Hall–Kier alpha value is -0.380. The van der Waals surface area contributed by atoms with E-state index in [1.807, 2.05) is 11.8 Å². The molecule has 0 aromatic rings. The van der Waals surface area contributed by atoms with Crippen molar-refractivity contribution in [3.05, 3.63) is 0 Å². The van der Waals surface area contributed by atoms with Gasteiger partial charge in [-0.1, -0.05) is 19.3 Å². The quantitative estimate of drug-likeness (QED) is 0.410. The molecule has 0 aromatic carbocycles. The van der Waals surface area contributed by atoms with Crippen molar-refractivity contribution in [1.82, 2.24) is 5.32 Å². The van der Waals surface area contributed by atoms with E-state index in [-0.39, 0.29) is 0 Å². The molecule has 4 heteroatoms. The zero-order chi connectivity index (χ0) is 11.6. The summed E-state index contributed by atoms with van der Waals surface area (Å²) in [6.07, 6.45) is 11.1. The van der Waals surface area contributed by atoms with Gasteiger partial charge in [0.1, 0.15) is 0 Å². The molecule has 0 spiro atoms. The van der Waals surface area contributed by atoms with Crippen molar-refractivity contribution >= 4 is 17.7 Å². The number of nitrogens with one attached hydrogen (secondary N) is 1. The number of nitrogens with two attached hydrogens (primary N) is 1. The SMILES string of the molecule is CSCCCCCN=C(N)NC1CCCC1. The van der Waals surface area contributed by atoms with Crippen LogP contribution >= 0.6 is 11.8 Å². The molecule has 1 aliphatic carbocycles. The topological polar surface area (TPSA) is 50.4 Å². The molecule has 1 saturated carbocycles. The standard InChI is InChI=1S/C12H25N3S/c1-16-10-6-2-5-9-14-12(13)15-11-7-3-4-8-11/h11H,2-10H2,1H3,(H3,13,14,15). The van der Waals surface area contributed by atoms with Crippen LogP contribution < -0.4 is 11.1 Å². The number of hydrogen-bond acceptors (Lipinski definition) is 2. The molecule has 94 valence electrons. The van der Waals surface area contributed by atoms with Gasteiger partial charge in [0.05, 0.1) is 0 Å². The third-order valence-electron chi connectivity index (χ3n) is 3.00. The summed E-state index contributed by atoms with van der Waals surface area (Å²) < 4.78 is 0. The van der Waals surface area contributed by atoms with Crippen molar-refractivity contribution in [2.75, 3.05) is 18.6 Å². The summed E-state index contributed by atoms with van der Waals surface area (Å²) in [6, 6.07) is 0.584. The van der Waals surface area contributed by atoms with Crippen LogP contribution in [0.5, 0.6) is 0 Å². The number of unbranched alkanes of at least 4 members (excludes halogenated alkanes) is 2. The Labute approximate surface area is 104 Å². The average Bonchev–Trinajstić information content (AvgIpc) is 2.76. The van der Waals surface area contributed by atoms with Crippen LogP contribution in [0.1, 0.15) is 44.9 Å². The van der Waals surface area contributed by atoms with Crippen molar-refractivity contribution in [3.63, 3.8) is 0 Å². The van der Waals surface area contributed by atoms with Gasteiger partial charge < -0.3 is 11.1 Å². The molecule has 1 fully saturated rings. The molecule has 0 unspecified atom stereocenters. The number of aliphatic imine (C=N–C) groups is 1. The first-order chi connectivity index (χ1) is 7.83. The highest BCUT2D eigenvalue weighted by Gasteiger charge is 2.14. The van der Waals surface area contributed by atoms with Crippen LogP contribution in [0.2, 0.25) is 0 Å². The Morgan fingerprint density at radius 3 is 2.75 bits per heavy atom. The second-order valence-electron chi connectivity index (χ2n) is 4.45. The molecular weight excluding hydrogens is 218 g/mol. The van der Waals surface area contributed by atoms with Crippen LogP contribution in [0.4, 0.5) is 0 Å². The Morgan fingerprint density at radius 1 is 1.31 bits per heavy atom. The van der Waals surface area contributed by atoms with Gasteiger partial charge in [-0.3, -0.25) is 4.99 Å². The van der Waals surface area contributed by atoms with E-state index >= 15 is 0 Å². The van der Waals surface area contributed by atoms with Crippen LogP contribution in [0, 0.1) is 0 Å². The summed E-state index contributed by atoms with van der Waals surface area (Å²) in [5, 5.41) is 3.30. The zero-order valence-electron chi connectivity index (χ0n) is 10.4. The lowest BCUT2D eigenvalue weighted by molar-refractivity contribution is 0.623. The molecule has 0 amide bonds. The predicted molar refractivity (Wildman–Crippen MR) is 74.1 cm³/mol. The maximum Gasteiger partial charge on any atom is 0.188 e. The minimum Gasteiger partial charge on any atom is -0.370 e. The normalized spacial score (nSPS) is 17.9. The van der Waals surface area contributed by atoms with E-state index in [1.165, 1.54) is 44.3 Å². The largest absolute Gasteiger partial charge is 0.370 e. The second-order valence-corrected chi connectivity index (χ2v) is 5.43. The average molecular weight is 243 g/mol. The van der Waals surface area contributed by atoms with E-state index in [2.05, 4.69) is 16.6 Å². The first kappa shape index (κ1) is 13.7. The molecule has 3 N–H and O–H groups in total. The Bertz CT molecular complexity index is 200. The number of rotatable bonds is 7. The maximum absolute atomic E-state index is 5.83. The van der Waals surface area contributed by atoms with Crippen LogP contribution in [0.25, 0.3) is 0 Å². The lowest BCUT2D eigenvalue weighted by Gasteiger charge is -2.12. The van der Waals surface area contributed by atoms with E-state index in [1.54, 1.807) is 0 Å². The van der Waals surface area contributed by atoms with Gasteiger partial charge in [0, 0.05) is 12.6 Å². The van der Waals surface area contributed by atoms with E-state index in [0.717, 1.165) is 13.0 Å². The second kappa shape index (κ2) is 8.74. The number of thioether (sulfide) groups is 1. The summed E-state index contributed by atoms with van der Waals surface area (Å²) in [5.41, 5.74) is 5.83. The Kier molecular flexibility index (Phi) is 7.47. The number of hydrogen-bond donors (Lipinski definition) is 2. The molecule has 0 aromatic heterocycles. The molecule has 0 heterocycles. The zero-order valence-corrected chi connectivity index (χ0v) is 11.2. The van der Waals surface area contributed by atoms with E-state index < -0.39 is 0 Å². The van der Waals surface area contributed by atoms with Crippen molar-refractivity contribution in [2.24, 2.45) is 10.7 Å². The van der Waals surface area contributed by atoms with Crippen molar-refractivity contribution in [3.8, 4) is 0 Å². The first-order valence-corrected chi connectivity index (χ1v) is 7.77. The van der Waals surface area contributed by atoms with Crippen LogP contribution in [0.3, 0.4) is 0 Å². The maximum atomic E-state index is 5.83. The molecule has 1 aliphatic rings. The van der Waals surface area contributed by atoms with Crippen LogP contribution in [-0.4, -0.2) is 30.6 Å². The summed E-state index contributed by atoms with van der Waals surface area (Å²) >= 11 is 1.91. The predicted octanol–water partition coefficient (Wildman–Crippen LogP) is 2.37. The van der Waals surface area contributed by atoms with E-state index in [4.69, 9.17) is 5.73 Å². The van der Waals surface area contributed by atoms with Gasteiger partial charge in [-0.25, -0.2) is 0 Å². The van der Waals surface area contributed by atoms with Gasteiger partial charge in [0.25, 0.3) is 0 Å². The highest BCUT2D eigenvalue weighted by molar-refractivity contribution is 7.98. The summed E-state index contributed by atoms with van der Waals surface area (Å²) in [7, 11) is 0. The Morgan fingerprint density at radius 2 is 2.06 bits per heavy atom. The molecule has 0 radical (unpaired) electrons. The van der Waals surface area contributed by atoms with Gasteiger partial charge in [-0.2, -0.15) is 11.8 Å². The summed E-state index contributed by atoms with van der Waals surface area (Å²) in [6.45, 7) is 0.875. The van der Waals surface area contributed by atoms with Crippen molar-refractivity contribution in [1.29, 1.82) is 0 Å². The third-order valence-corrected chi connectivity index (χ3v) is 3.69. The fourth-order valence-corrected chi connectivity index (χ4v) is 2.55. The fourth-order valence-electron chi connectivity index (χ4n) is 2.06. The van der Waals surface area contributed by atoms with Gasteiger partial charge >= 0.3 is 0 Å². The third kappa shape index (κ3) is 6.26. The van der Waals surface area contributed by atoms with Crippen molar-refractivity contribution < 1.29 is 0 Å². The van der Waals surface area contributed by atoms with E-state index in [0.29, 0.717) is 12.0 Å². The molecule has 0 saturated heterocycles. The summed E-state index contributed by atoms with van der Waals surface area (Å²) in [4.78, 5) is 4.36. The molecule has 3 nitrogen and oxygen atoms in total. The lowest BCUT2D eigenvalue weighted by Crippen LogP contribution is -2.38. The van der Waals surface area contributed by atoms with E-state index in [9.17, 15) is 0 Å². The number of nitrogens with zero attached hydrogens (tertiary/aromatic N) is 1. The summed E-state index contributed by atoms with van der Waals surface area (Å²) in [5.74, 6) is 1.91. The van der Waals surface area contributed by atoms with Gasteiger partial charge in [-0.05, 0) is 37.7 Å². The highest BCUT2D eigenvalue weighted by atomic mass is 32.2. The fraction of sp³-hybridized carbons (Fsp3) is 0.917. The smallest absolute Gasteiger partial charge is 0.188 e. The lowest BCUT2D eigenvalue weighted by atomic mass is 10.2. The van der Waals surface area contributed by atoms with Crippen LogP contribution in [-0.2, 0) is 0 Å². The van der Waals surface area contributed by atoms with Gasteiger partial charge in [0.2, 0.25) is 0 Å². The molecule has 0 aliphatic heterocycles. The monoisotopic (exact) mass is 243 g/mol. The molecule has 1 rings (SSSR count). The van der Waals surface area contributed by atoms with Crippen LogP contribution in [0.15, 0.2) is 4.99 Å². The highest BCUT2D eigenvalue weighted by Crippen LogP contribution is 2.17. The molecule has 0 atom stereocenters. The van der Waals surface area contributed by atoms with Gasteiger partial charge in [-0.15, -0.1) is 0 Å². The molecule has 16 heavy (non-hydrogen) atoms. The molecular formula is C12H25N3S. The minimum absolute atomic E-state index is 0.584. The first-order valence-electron chi connectivity index (χ1n) is 6.38.